The fourth-order valence-electron chi connectivity index (χ4n) is 1.78. The number of methoxy groups -OCH3 is 1. The van der Waals surface area contributed by atoms with Crippen LogP contribution in [0, 0.1) is 10.1 Å². The van der Waals surface area contributed by atoms with E-state index in [1.807, 2.05) is 18.2 Å². The van der Waals surface area contributed by atoms with Crippen molar-refractivity contribution in [2.75, 3.05) is 12.4 Å². The van der Waals surface area contributed by atoms with E-state index < -0.39 is 4.92 Å². The molecule has 0 aromatic heterocycles. The third kappa shape index (κ3) is 3.86. The van der Waals surface area contributed by atoms with E-state index in [2.05, 4.69) is 21.2 Å². The normalized spacial score (nSPS) is 10.2. The lowest BCUT2D eigenvalue weighted by atomic mass is 10.2. The average Bonchev–Trinajstić information content (AvgIpc) is 2.46. The summed E-state index contributed by atoms with van der Waals surface area (Å²) in [6, 6.07) is 9.92. The third-order valence-corrected chi connectivity index (χ3v) is 3.86. The molecule has 7 heteroatoms. The summed E-state index contributed by atoms with van der Waals surface area (Å²) in [5.74, 6) is 0.730. The van der Waals surface area contributed by atoms with Gasteiger partial charge in [-0.15, -0.1) is 0 Å². The van der Waals surface area contributed by atoms with Gasteiger partial charge in [-0.2, -0.15) is 0 Å². The van der Waals surface area contributed by atoms with E-state index in [0.717, 1.165) is 15.9 Å². The molecule has 1 N–H and O–H groups in total. The summed E-state index contributed by atoms with van der Waals surface area (Å²) >= 11 is 9.45. The molecule has 2 aromatic carbocycles. The van der Waals surface area contributed by atoms with Crippen LogP contribution in [-0.2, 0) is 6.54 Å². The van der Waals surface area contributed by atoms with Crippen molar-refractivity contribution in [3.05, 3.63) is 61.6 Å². The predicted molar refractivity (Wildman–Crippen MR) is 86.1 cm³/mol. The summed E-state index contributed by atoms with van der Waals surface area (Å²) in [6.07, 6.45) is 0. The highest BCUT2D eigenvalue weighted by Crippen LogP contribution is 2.28. The lowest BCUT2D eigenvalue weighted by Gasteiger charge is -2.10. The van der Waals surface area contributed by atoms with Gasteiger partial charge < -0.3 is 10.1 Å². The molecule has 5 nitrogen and oxygen atoms in total. The Morgan fingerprint density at radius 1 is 1.33 bits per heavy atom. The van der Waals surface area contributed by atoms with Crippen LogP contribution < -0.4 is 10.1 Å². The van der Waals surface area contributed by atoms with Crippen molar-refractivity contribution < 1.29 is 9.66 Å². The van der Waals surface area contributed by atoms with Crippen LogP contribution in [0.2, 0.25) is 5.02 Å². The van der Waals surface area contributed by atoms with Gasteiger partial charge in [0.1, 0.15) is 5.75 Å². The van der Waals surface area contributed by atoms with Crippen LogP contribution in [0.15, 0.2) is 40.9 Å². The number of nitrogens with one attached hydrogen (secondary N) is 1. The largest absolute Gasteiger partial charge is 0.496 e. The number of anilines is 1. The van der Waals surface area contributed by atoms with Crippen molar-refractivity contribution in [3.8, 4) is 5.75 Å². The summed E-state index contributed by atoms with van der Waals surface area (Å²) in [4.78, 5) is 10.3. The summed E-state index contributed by atoms with van der Waals surface area (Å²) in [5.41, 5.74) is 1.54. The Morgan fingerprint density at radius 3 is 2.71 bits per heavy atom. The van der Waals surface area contributed by atoms with E-state index >= 15 is 0 Å². The van der Waals surface area contributed by atoms with Crippen molar-refractivity contribution in [1.29, 1.82) is 0 Å². The highest BCUT2D eigenvalue weighted by atomic mass is 79.9. The average molecular weight is 372 g/mol. The molecule has 0 spiro atoms. The molecule has 0 saturated heterocycles. The Morgan fingerprint density at radius 2 is 2.10 bits per heavy atom. The monoisotopic (exact) mass is 370 g/mol. The van der Waals surface area contributed by atoms with Gasteiger partial charge in [0.2, 0.25) is 0 Å². The Hall–Kier alpha value is -1.79. The van der Waals surface area contributed by atoms with Gasteiger partial charge in [-0.1, -0.05) is 11.6 Å². The third-order valence-electron chi connectivity index (χ3n) is 2.87. The molecule has 0 bridgehead atoms. The first-order valence-corrected chi connectivity index (χ1v) is 7.18. The van der Waals surface area contributed by atoms with Crippen molar-refractivity contribution in [1.82, 2.24) is 0 Å². The van der Waals surface area contributed by atoms with E-state index in [9.17, 15) is 10.1 Å². The summed E-state index contributed by atoms with van der Waals surface area (Å²) in [6.45, 7) is 0.388. The Labute approximate surface area is 135 Å². The lowest BCUT2D eigenvalue weighted by molar-refractivity contribution is -0.384. The molecular formula is C14H12BrClN2O3. The van der Waals surface area contributed by atoms with Crippen molar-refractivity contribution in [3.63, 3.8) is 0 Å². The van der Waals surface area contributed by atoms with Crippen molar-refractivity contribution in [2.24, 2.45) is 0 Å². The molecule has 2 rings (SSSR count). The lowest BCUT2D eigenvalue weighted by Crippen LogP contribution is -2.01. The Balaban J connectivity index is 2.14. The van der Waals surface area contributed by atoms with Crippen LogP contribution in [0.3, 0.4) is 0 Å². The van der Waals surface area contributed by atoms with Gasteiger partial charge in [0.25, 0.3) is 5.69 Å². The van der Waals surface area contributed by atoms with Gasteiger partial charge in [0, 0.05) is 29.4 Å². The highest BCUT2D eigenvalue weighted by Gasteiger charge is 2.10. The summed E-state index contributed by atoms with van der Waals surface area (Å²) < 4.78 is 5.97. The van der Waals surface area contributed by atoms with Gasteiger partial charge in [0.15, 0.2) is 0 Å². The molecule has 0 aliphatic rings. The minimum absolute atomic E-state index is 0.0205. The Kier molecular flexibility index (Phi) is 5.03. The van der Waals surface area contributed by atoms with Crippen LogP contribution in [0.4, 0.5) is 11.4 Å². The fourth-order valence-corrected chi connectivity index (χ4v) is 2.51. The van der Waals surface area contributed by atoms with E-state index in [-0.39, 0.29) is 5.69 Å². The molecule has 0 amide bonds. The fraction of sp³-hybridized carbons (Fsp3) is 0.143. The summed E-state index contributed by atoms with van der Waals surface area (Å²) in [7, 11) is 1.59. The first-order valence-electron chi connectivity index (χ1n) is 6.01. The predicted octanol–water partition coefficient (Wildman–Crippen LogP) is 4.63. The molecule has 0 aliphatic heterocycles. The standard InChI is InChI=1S/C14H12BrClN2O3/c1-21-14-5-2-10(7-12(14)15)17-8-9-6-11(18(19)20)3-4-13(9)16/h2-7,17H,8H2,1H3. The van der Waals surface area contributed by atoms with E-state index in [1.54, 1.807) is 7.11 Å². The minimum Gasteiger partial charge on any atom is -0.496 e. The zero-order chi connectivity index (χ0) is 15.4. The van der Waals surface area contributed by atoms with E-state index in [0.29, 0.717) is 17.1 Å². The minimum atomic E-state index is -0.441. The number of ether oxygens (including phenoxy) is 1. The second kappa shape index (κ2) is 6.78. The number of non-ortho nitro benzene ring substituents is 1. The number of nitro groups is 1. The number of nitro benzene ring substituents is 1. The molecule has 0 atom stereocenters. The second-order valence-electron chi connectivity index (χ2n) is 4.24. The number of rotatable bonds is 5. The van der Waals surface area contributed by atoms with Crippen LogP contribution in [0.5, 0.6) is 5.75 Å². The van der Waals surface area contributed by atoms with Crippen LogP contribution in [0.25, 0.3) is 0 Å². The first-order chi connectivity index (χ1) is 10.0. The van der Waals surface area contributed by atoms with E-state index in [1.165, 1.54) is 18.2 Å². The first kappa shape index (κ1) is 15.6. The smallest absolute Gasteiger partial charge is 0.269 e. The molecule has 0 unspecified atom stereocenters. The SMILES string of the molecule is COc1ccc(NCc2cc([N+](=O)[O-])ccc2Cl)cc1Br. The topological polar surface area (TPSA) is 64.4 Å². The number of hydrogen-bond donors (Lipinski definition) is 1. The molecular weight excluding hydrogens is 360 g/mol. The maximum atomic E-state index is 10.8. The Bertz CT molecular complexity index is 679. The molecule has 110 valence electrons. The number of nitrogens with zero attached hydrogens (tertiary/aromatic N) is 1. The molecule has 21 heavy (non-hydrogen) atoms. The molecule has 0 fully saturated rings. The van der Waals surface area contributed by atoms with Crippen LogP contribution >= 0.6 is 27.5 Å². The zero-order valence-corrected chi connectivity index (χ0v) is 13.4. The number of halogens is 2. The number of hydrogen-bond acceptors (Lipinski definition) is 4. The van der Waals surface area contributed by atoms with Gasteiger partial charge in [-0.3, -0.25) is 10.1 Å². The molecule has 0 heterocycles. The highest BCUT2D eigenvalue weighted by molar-refractivity contribution is 9.10. The zero-order valence-electron chi connectivity index (χ0n) is 11.1. The molecule has 0 saturated carbocycles. The van der Waals surface area contributed by atoms with Gasteiger partial charge in [0.05, 0.1) is 16.5 Å². The molecule has 2 aromatic rings. The molecule has 0 radical (unpaired) electrons. The van der Waals surface area contributed by atoms with Crippen LogP contribution in [-0.4, -0.2) is 12.0 Å². The maximum absolute atomic E-state index is 10.8. The second-order valence-corrected chi connectivity index (χ2v) is 5.50. The van der Waals surface area contributed by atoms with Gasteiger partial charge in [-0.25, -0.2) is 0 Å². The van der Waals surface area contributed by atoms with Gasteiger partial charge >= 0.3 is 0 Å². The quantitative estimate of drug-likeness (QED) is 0.614. The van der Waals surface area contributed by atoms with Crippen molar-refractivity contribution in [2.45, 2.75) is 6.54 Å². The summed E-state index contributed by atoms with van der Waals surface area (Å²) in [5, 5.41) is 14.4. The van der Waals surface area contributed by atoms with Crippen LogP contribution in [0.1, 0.15) is 5.56 Å². The van der Waals surface area contributed by atoms with E-state index in [4.69, 9.17) is 16.3 Å². The van der Waals surface area contributed by atoms with Crippen molar-refractivity contribution >= 4 is 38.9 Å². The van der Waals surface area contributed by atoms with Gasteiger partial charge in [-0.05, 0) is 45.8 Å². The number of benzene rings is 2. The maximum Gasteiger partial charge on any atom is 0.269 e. The molecule has 0 aliphatic carbocycles.